The second kappa shape index (κ2) is 8.39. The summed E-state index contributed by atoms with van der Waals surface area (Å²) in [4.78, 5) is 24.7. The molecule has 0 fully saturated rings. The largest absolute Gasteiger partial charge is 0.508 e. The predicted molar refractivity (Wildman–Crippen MR) is 80.7 cm³/mol. The number of benzene rings is 1. The average molecular weight is 293 g/mol. The summed E-state index contributed by atoms with van der Waals surface area (Å²) in [6, 6.07) is 5.31. The minimum atomic E-state index is -0.722. The molecule has 0 radical (unpaired) electrons. The molecule has 0 aromatic heterocycles. The lowest BCUT2D eigenvalue weighted by Gasteiger charge is -2.26. The van der Waals surface area contributed by atoms with Crippen molar-refractivity contribution in [1.82, 2.24) is 4.90 Å². The van der Waals surface area contributed by atoms with Crippen molar-refractivity contribution >= 4 is 12.2 Å². The Morgan fingerprint density at radius 1 is 1.38 bits per heavy atom. The van der Waals surface area contributed by atoms with Crippen LogP contribution < -0.4 is 11.5 Å². The highest BCUT2D eigenvalue weighted by Crippen LogP contribution is 2.12. The van der Waals surface area contributed by atoms with Crippen LogP contribution in [0.4, 0.5) is 0 Å². The van der Waals surface area contributed by atoms with Crippen LogP contribution in [0, 0.1) is 0 Å². The number of amides is 1. The average Bonchev–Trinajstić information content (AvgIpc) is 2.49. The normalized spacial score (nSPS) is 13.5. The Kier molecular flexibility index (Phi) is 6.84. The first-order valence-corrected chi connectivity index (χ1v) is 6.95. The van der Waals surface area contributed by atoms with Crippen molar-refractivity contribution in [2.75, 3.05) is 13.6 Å². The molecule has 1 aromatic rings. The van der Waals surface area contributed by atoms with Gasteiger partial charge in [-0.25, -0.2) is 0 Å². The second-order valence-corrected chi connectivity index (χ2v) is 5.06. The van der Waals surface area contributed by atoms with Gasteiger partial charge in [0.1, 0.15) is 12.0 Å². The lowest BCUT2D eigenvalue weighted by Crippen LogP contribution is -2.48. The van der Waals surface area contributed by atoms with Gasteiger partial charge in [-0.3, -0.25) is 4.79 Å². The van der Waals surface area contributed by atoms with Crippen LogP contribution in [0.15, 0.2) is 24.3 Å². The number of phenols is 1. The van der Waals surface area contributed by atoms with Gasteiger partial charge in [0.05, 0.1) is 12.1 Å². The number of aromatic hydroxyl groups is 1. The molecule has 0 heterocycles. The fourth-order valence-corrected chi connectivity index (χ4v) is 2.08. The Labute approximate surface area is 124 Å². The third-order valence-corrected chi connectivity index (χ3v) is 3.42. The summed E-state index contributed by atoms with van der Waals surface area (Å²) in [6.07, 6.45) is 2.31. The van der Waals surface area contributed by atoms with Crippen LogP contribution in [0.3, 0.4) is 0 Å². The highest BCUT2D eigenvalue weighted by atomic mass is 16.3. The summed E-state index contributed by atoms with van der Waals surface area (Å²) < 4.78 is 0. The van der Waals surface area contributed by atoms with Gasteiger partial charge in [-0.05, 0) is 43.5 Å². The van der Waals surface area contributed by atoms with Gasteiger partial charge in [-0.2, -0.15) is 0 Å². The molecule has 21 heavy (non-hydrogen) atoms. The number of nitrogens with zero attached hydrogens (tertiary/aromatic N) is 1. The van der Waals surface area contributed by atoms with Crippen LogP contribution >= 0.6 is 0 Å². The number of rotatable bonds is 8. The van der Waals surface area contributed by atoms with Crippen LogP contribution in [0.1, 0.15) is 18.4 Å². The van der Waals surface area contributed by atoms with Crippen LogP contribution in [0.5, 0.6) is 5.75 Å². The number of hydrogen-bond acceptors (Lipinski definition) is 5. The van der Waals surface area contributed by atoms with E-state index in [1.807, 2.05) is 0 Å². The number of nitrogens with two attached hydrogens (primary N) is 2. The molecule has 1 rings (SSSR count). The first kappa shape index (κ1) is 17.1. The number of likely N-dealkylation sites (N-methyl/N-ethyl adjacent to an activating group) is 1. The molecular formula is C15H23N3O3. The molecule has 0 aliphatic rings. The van der Waals surface area contributed by atoms with E-state index in [2.05, 4.69) is 0 Å². The summed E-state index contributed by atoms with van der Waals surface area (Å²) in [5, 5.41) is 9.22. The lowest BCUT2D eigenvalue weighted by atomic mass is 10.0. The Morgan fingerprint density at radius 2 is 2.00 bits per heavy atom. The van der Waals surface area contributed by atoms with E-state index in [1.54, 1.807) is 31.3 Å². The molecule has 6 heteroatoms. The number of phenolic OH excluding ortho intramolecular Hbond substituents is 1. The highest BCUT2D eigenvalue weighted by molar-refractivity contribution is 5.84. The standard InChI is InChI=1S/C15H23N3O3/c1-18(12(10-19)3-2-8-16)15(21)14(17)9-11-4-6-13(20)7-5-11/h4-7,10,12,14,20H,2-3,8-9,16-17H2,1H3/t12-,14-/m0/s1. The zero-order chi connectivity index (χ0) is 15.8. The van der Waals surface area contributed by atoms with Crippen LogP contribution in [-0.4, -0.2) is 47.9 Å². The van der Waals surface area contributed by atoms with Crippen molar-refractivity contribution in [2.24, 2.45) is 11.5 Å². The Morgan fingerprint density at radius 3 is 2.52 bits per heavy atom. The Bertz CT molecular complexity index is 462. The maximum absolute atomic E-state index is 12.2. The van der Waals surface area contributed by atoms with E-state index < -0.39 is 12.1 Å². The molecule has 5 N–H and O–H groups in total. The zero-order valence-corrected chi connectivity index (χ0v) is 12.2. The molecule has 6 nitrogen and oxygen atoms in total. The molecule has 0 spiro atoms. The molecule has 0 saturated heterocycles. The lowest BCUT2D eigenvalue weighted by molar-refractivity contribution is -0.136. The van der Waals surface area contributed by atoms with E-state index in [-0.39, 0.29) is 11.7 Å². The molecule has 1 amide bonds. The molecule has 0 saturated carbocycles. The smallest absolute Gasteiger partial charge is 0.240 e. The maximum Gasteiger partial charge on any atom is 0.240 e. The number of aldehydes is 1. The topological polar surface area (TPSA) is 110 Å². The molecule has 2 atom stereocenters. The van der Waals surface area contributed by atoms with E-state index in [0.717, 1.165) is 11.8 Å². The third-order valence-electron chi connectivity index (χ3n) is 3.42. The van der Waals surface area contributed by atoms with Gasteiger partial charge in [-0.1, -0.05) is 12.1 Å². The van der Waals surface area contributed by atoms with Crippen molar-refractivity contribution in [3.05, 3.63) is 29.8 Å². The molecule has 1 aromatic carbocycles. The summed E-state index contributed by atoms with van der Waals surface area (Å²) >= 11 is 0. The minimum Gasteiger partial charge on any atom is -0.508 e. The Hall–Kier alpha value is -1.92. The Balaban J connectivity index is 2.63. The van der Waals surface area contributed by atoms with Gasteiger partial charge in [0.25, 0.3) is 0 Å². The van der Waals surface area contributed by atoms with Gasteiger partial charge >= 0.3 is 0 Å². The summed E-state index contributed by atoms with van der Waals surface area (Å²) in [5.41, 5.74) is 12.2. The zero-order valence-electron chi connectivity index (χ0n) is 12.2. The van der Waals surface area contributed by atoms with Crippen LogP contribution in [0.2, 0.25) is 0 Å². The number of hydrogen-bond donors (Lipinski definition) is 3. The van der Waals surface area contributed by atoms with Crippen LogP contribution in [-0.2, 0) is 16.0 Å². The summed E-state index contributed by atoms with van der Waals surface area (Å²) in [6.45, 7) is 0.478. The quantitative estimate of drug-likeness (QED) is 0.586. The van der Waals surface area contributed by atoms with Gasteiger partial charge in [0.15, 0.2) is 0 Å². The van der Waals surface area contributed by atoms with Crippen molar-refractivity contribution in [3.63, 3.8) is 0 Å². The van der Waals surface area contributed by atoms with Gasteiger partial charge in [0, 0.05) is 7.05 Å². The van der Waals surface area contributed by atoms with E-state index >= 15 is 0 Å². The van der Waals surface area contributed by atoms with Crippen molar-refractivity contribution in [1.29, 1.82) is 0 Å². The fourth-order valence-electron chi connectivity index (χ4n) is 2.08. The number of carbonyl (C=O) groups excluding carboxylic acids is 2. The molecule has 0 aliphatic heterocycles. The van der Waals surface area contributed by atoms with Gasteiger partial charge < -0.3 is 26.3 Å². The highest BCUT2D eigenvalue weighted by Gasteiger charge is 2.24. The van der Waals surface area contributed by atoms with Crippen molar-refractivity contribution < 1.29 is 14.7 Å². The first-order chi connectivity index (χ1) is 9.99. The molecule has 0 aliphatic carbocycles. The van der Waals surface area contributed by atoms with Gasteiger partial charge in [-0.15, -0.1) is 0 Å². The monoisotopic (exact) mass is 293 g/mol. The van der Waals surface area contributed by atoms with E-state index in [0.29, 0.717) is 25.8 Å². The van der Waals surface area contributed by atoms with Crippen molar-refractivity contribution in [3.8, 4) is 5.75 Å². The molecule has 116 valence electrons. The predicted octanol–water partition coefficient (Wildman–Crippen LogP) is 0.0268. The number of carbonyl (C=O) groups is 2. The second-order valence-electron chi connectivity index (χ2n) is 5.06. The third kappa shape index (κ3) is 5.17. The van der Waals surface area contributed by atoms with Gasteiger partial charge in [0.2, 0.25) is 5.91 Å². The fraction of sp³-hybridized carbons (Fsp3) is 0.467. The van der Waals surface area contributed by atoms with Crippen molar-refractivity contribution in [2.45, 2.75) is 31.3 Å². The molecule has 0 bridgehead atoms. The van der Waals surface area contributed by atoms with E-state index in [4.69, 9.17) is 11.5 Å². The first-order valence-electron chi connectivity index (χ1n) is 6.95. The summed E-state index contributed by atoms with van der Waals surface area (Å²) in [7, 11) is 1.58. The SMILES string of the molecule is CN(C(=O)[C@@H](N)Cc1ccc(O)cc1)[C@H](C=O)CCCN. The maximum atomic E-state index is 12.2. The molecule has 0 unspecified atom stereocenters. The summed E-state index contributed by atoms with van der Waals surface area (Å²) in [5.74, 6) is -0.115. The molecular weight excluding hydrogens is 270 g/mol. The van der Waals surface area contributed by atoms with E-state index in [9.17, 15) is 14.7 Å². The van der Waals surface area contributed by atoms with Crippen LogP contribution in [0.25, 0.3) is 0 Å². The minimum absolute atomic E-state index is 0.165. The van der Waals surface area contributed by atoms with E-state index in [1.165, 1.54) is 4.90 Å².